The van der Waals surface area contributed by atoms with Gasteiger partial charge in [0, 0.05) is 18.3 Å². The van der Waals surface area contributed by atoms with Crippen molar-refractivity contribution in [2.24, 2.45) is 5.73 Å². The highest BCUT2D eigenvalue weighted by Crippen LogP contribution is 2.08. The van der Waals surface area contributed by atoms with Crippen molar-refractivity contribution >= 4 is 17.6 Å². The molecule has 1 rings (SSSR count). The zero-order chi connectivity index (χ0) is 12.6. The van der Waals surface area contributed by atoms with Crippen molar-refractivity contribution in [2.75, 3.05) is 12.4 Å². The summed E-state index contributed by atoms with van der Waals surface area (Å²) in [6, 6.07) is 5.79. The lowest BCUT2D eigenvalue weighted by Crippen LogP contribution is -2.20. The molecule has 4 N–H and O–H groups in total. The number of benzene rings is 1. The van der Waals surface area contributed by atoms with Crippen LogP contribution in [0.2, 0.25) is 0 Å². The van der Waals surface area contributed by atoms with E-state index in [-0.39, 0.29) is 5.91 Å². The fraction of sp³-hybridized carbons (Fsp3) is 0.273. The van der Waals surface area contributed by atoms with Gasteiger partial charge in [-0.2, -0.15) is 0 Å². The average Bonchev–Trinajstić information content (AvgIpc) is 2.31. The van der Waals surface area contributed by atoms with Crippen LogP contribution in [0.4, 0.5) is 10.5 Å². The van der Waals surface area contributed by atoms with Gasteiger partial charge in [-0.25, -0.2) is 4.79 Å². The second kappa shape index (κ2) is 7.28. The number of rotatable bonds is 2. The van der Waals surface area contributed by atoms with E-state index < -0.39 is 6.03 Å². The predicted molar refractivity (Wildman–Crippen MR) is 64.4 cm³/mol. The molecule has 0 unspecified atom stereocenters. The smallest absolute Gasteiger partial charge is 0.316 e. The number of primary amides is 1. The number of carbonyl (C=O) groups is 2. The quantitative estimate of drug-likeness (QED) is 0.710. The maximum Gasteiger partial charge on any atom is 0.316 e. The highest BCUT2D eigenvalue weighted by Gasteiger charge is 2.02. The SMILES string of the molecule is CC.CNC(=O)c1ccc(NC(N)=O)cc1. The Kier molecular flexibility index (Phi) is 6.35. The third-order valence-electron chi connectivity index (χ3n) is 1.64. The van der Waals surface area contributed by atoms with Crippen LogP contribution in [0.15, 0.2) is 24.3 Å². The van der Waals surface area contributed by atoms with Crippen molar-refractivity contribution in [3.63, 3.8) is 0 Å². The molecule has 0 saturated heterocycles. The molecule has 1 aromatic rings. The summed E-state index contributed by atoms with van der Waals surface area (Å²) in [5, 5.41) is 4.89. The standard InChI is InChI=1S/C9H11N3O2.C2H6/c1-11-8(13)6-2-4-7(5-3-6)12-9(10)14;1-2/h2-5H,1H3,(H,11,13)(H3,10,12,14);1-2H3. The van der Waals surface area contributed by atoms with Crippen LogP contribution in [0.3, 0.4) is 0 Å². The molecule has 0 saturated carbocycles. The Balaban J connectivity index is 0.00000106. The highest BCUT2D eigenvalue weighted by atomic mass is 16.2. The van der Waals surface area contributed by atoms with E-state index in [1.165, 1.54) is 0 Å². The van der Waals surface area contributed by atoms with Crippen LogP contribution in [0.25, 0.3) is 0 Å². The van der Waals surface area contributed by atoms with E-state index in [0.717, 1.165) is 0 Å². The number of urea groups is 1. The van der Waals surface area contributed by atoms with Gasteiger partial charge in [-0.1, -0.05) is 13.8 Å². The molecule has 0 fully saturated rings. The van der Waals surface area contributed by atoms with E-state index in [0.29, 0.717) is 11.3 Å². The molecule has 0 aromatic heterocycles. The summed E-state index contributed by atoms with van der Waals surface area (Å²) in [7, 11) is 1.55. The van der Waals surface area contributed by atoms with Crippen LogP contribution < -0.4 is 16.4 Å². The Morgan fingerprint density at radius 1 is 1.12 bits per heavy atom. The number of amides is 3. The van der Waals surface area contributed by atoms with Gasteiger partial charge in [0.15, 0.2) is 0 Å². The topological polar surface area (TPSA) is 84.2 Å². The molecule has 0 radical (unpaired) electrons. The summed E-state index contributed by atoms with van der Waals surface area (Å²) in [5.74, 6) is -0.171. The van der Waals surface area contributed by atoms with Gasteiger partial charge in [0.1, 0.15) is 0 Å². The number of hydrogen-bond donors (Lipinski definition) is 3. The maximum atomic E-state index is 11.1. The van der Waals surface area contributed by atoms with Gasteiger partial charge in [0.25, 0.3) is 5.91 Å². The molecule has 0 aliphatic rings. The molecule has 0 aliphatic carbocycles. The van der Waals surface area contributed by atoms with Gasteiger partial charge >= 0.3 is 6.03 Å². The average molecular weight is 223 g/mol. The number of hydrogen-bond acceptors (Lipinski definition) is 2. The molecule has 16 heavy (non-hydrogen) atoms. The minimum Gasteiger partial charge on any atom is -0.355 e. The van der Waals surface area contributed by atoms with Crippen LogP contribution in [0, 0.1) is 0 Å². The summed E-state index contributed by atoms with van der Waals surface area (Å²) in [5.41, 5.74) is 6.01. The lowest BCUT2D eigenvalue weighted by atomic mass is 10.2. The molecule has 88 valence electrons. The molecule has 3 amide bonds. The molecular formula is C11H17N3O2. The van der Waals surface area contributed by atoms with Crippen LogP contribution in [0.5, 0.6) is 0 Å². The van der Waals surface area contributed by atoms with E-state index in [1.54, 1.807) is 31.3 Å². The summed E-state index contributed by atoms with van der Waals surface area (Å²) in [4.78, 5) is 21.6. The normalized spacial score (nSPS) is 8.44. The molecule has 0 bridgehead atoms. The Labute approximate surface area is 95.0 Å². The molecule has 5 heteroatoms. The van der Waals surface area contributed by atoms with Crippen LogP contribution in [0.1, 0.15) is 24.2 Å². The zero-order valence-corrected chi connectivity index (χ0v) is 9.70. The molecular weight excluding hydrogens is 206 g/mol. The van der Waals surface area contributed by atoms with Crippen molar-refractivity contribution in [1.82, 2.24) is 5.32 Å². The lowest BCUT2D eigenvalue weighted by Gasteiger charge is -2.02. The van der Waals surface area contributed by atoms with Crippen molar-refractivity contribution in [3.05, 3.63) is 29.8 Å². The summed E-state index contributed by atoms with van der Waals surface area (Å²) in [6.45, 7) is 4.00. The zero-order valence-electron chi connectivity index (χ0n) is 9.70. The maximum absolute atomic E-state index is 11.1. The van der Waals surface area contributed by atoms with Crippen molar-refractivity contribution in [1.29, 1.82) is 0 Å². The second-order valence-electron chi connectivity index (χ2n) is 2.65. The van der Waals surface area contributed by atoms with Gasteiger partial charge in [0.2, 0.25) is 0 Å². The molecule has 5 nitrogen and oxygen atoms in total. The largest absolute Gasteiger partial charge is 0.355 e. The van der Waals surface area contributed by atoms with E-state index in [2.05, 4.69) is 10.6 Å². The molecule has 0 aliphatic heterocycles. The van der Waals surface area contributed by atoms with Crippen LogP contribution >= 0.6 is 0 Å². The lowest BCUT2D eigenvalue weighted by molar-refractivity contribution is 0.0963. The number of carbonyl (C=O) groups excluding carboxylic acids is 2. The summed E-state index contributed by atoms with van der Waals surface area (Å²) < 4.78 is 0. The minimum absolute atomic E-state index is 0.171. The Hall–Kier alpha value is -2.04. The van der Waals surface area contributed by atoms with Crippen molar-refractivity contribution in [2.45, 2.75) is 13.8 Å². The van der Waals surface area contributed by atoms with Gasteiger partial charge in [-0.15, -0.1) is 0 Å². The second-order valence-corrected chi connectivity index (χ2v) is 2.65. The summed E-state index contributed by atoms with van der Waals surface area (Å²) in [6.07, 6.45) is 0. The van der Waals surface area contributed by atoms with Crippen LogP contribution in [-0.4, -0.2) is 19.0 Å². The fourth-order valence-electron chi connectivity index (χ4n) is 0.992. The highest BCUT2D eigenvalue weighted by molar-refractivity contribution is 5.95. The Morgan fingerprint density at radius 3 is 2.00 bits per heavy atom. The van der Waals surface area contributed by atoms with Gasteiger partial charge in [-0.3, -0.25) is 4.79 Å². The molecule has 0 heterocycles. The monoisotopic (exact) mass is 223 g/mol. The Bertz CT molecular complexity index is 347. The van der Waals surface area contributed by atoms with E-state index in [9.17, 15) is 9.59 Å². The first-order valence-corrected chi connectivity index (χ1v) is 5.02. The first kappa shape index (κ1) is 14.0. The van der Waals surface area contributed by atoms with Crippen molar-refractivity contribution in [3.8, 4) is 0 Å². The number of anilines is 1. The van der Waals surface area contributed by atoms with E-state index in [4.69, 9.17) is 5.73 Å². The predicted octanol–water partition coefficient (Wildman–Crippen LogP) is 1.56. The molecule has 0 spiro atoms. The van der Waals surface area contributed by atoms with Gasteiger partial charge in [0.05, 0.1) is 0 Å². The van der Waals surface area contributed by atoms with Gasteiger partial charge < -0.3 is 16.4 Å². The number of nitrogens with one attached hydrogen (secondary N) is 2. The first-order chi connectivity index (χ1) is 7.63. The van der Waals surface area contributed by atoms with E-state index >= 15 is 0 Å². The molecule has 1 aromatic carbocycles. The number of nitrogens with two attached hydrogens (primary N) is 1. The fourth-order valence-corrected chi connectivity index (χ4v) is 0.992. The van der Waals surface area contributed by atoms with Crippen LogP contribution in [-0.2, 0) is 0 Å². The van der Waals surface area contributed by atoms with Crippen molar-refractivity contribution < 1.29 is 9.59 Å². The minimum atomic E-state index is -0.627. The third kappa shape index (κ3) is 4.45. The molecule has 0 atom stereocenters. The Morgan fingerprint density at radius 2 is 1.62 bits per heavy atom. The van der Waals surface area contributed by atoms with Gasteiger partial charge in [-0.05, 0) is 24.3 Å². The third-order valence-corrected chi connectivity index (χ3v) is 1.64. The summed E-state index contributed by atoms with van der Waals surface area (Å²) >= 11 is 0. The van der Waals surface area contributed by atoms with E-state index in [1.807, 2.05) is 13.8 Å². The first-order valence-electron chi connectivity index (χ1n) is 5.02.